The first-order valence-corrected chi connectivity index (χ1v) is 7.06. The summed E-state index contributed by atoms with van der Waals surface area (Å²) < 4.78 is 0. The summed E-state index contributed by atoms with van der Waals surface area (Å²) in [7, 11) is 0. The van der Waals surface area contributed by atoms with Gasteiger partial charge in [-0.05, 0) is 54.6 Å². The van der Waals surface area contributed by atoms with Crippen LogP contribution < -0.4 is 22.5 Å². The van der Waals surface area contributed by atoms with E-state index in [1.165, 1.54) is 12.1 Å². The van der Waals surface area contributed by atoms with E-state index in [0.29, 0.717) is 11.4 Å². The van der Waals surface area contributed by atoms with E-state index >= 15 is 0 Å². The molecule has 0 radical (unpaired) electrons. The summed E-state index contributed by atoms with van der Waals surface area (Å²) in [6.07, 6.45) is 0. The zero-order valence-electron chi connectivity index (χ0n) is 12.6. The van der Waals surface area contributed by atoms with Crippen LogP contribution in [0.4, 0.5) is 28.4 Å². The highest BCUT2D eigenvalue weighted by Gasteiger charge is 1.93. The minimum absolute atomic E-state index is 0.0733. The van der Waals surface area contributed by atoms with Gasteiger partial charge in [0.25, 0.3) is 0 Å². The van der Waals surface area contributed by atoms with E-state index in [1.807, 2.05) is 54.6 Å². The van der Waals surface area contributed by atoms with Crippen molar-refractivity contribution in [2.75, 3.05) is 22.5 Å². The topological polar surface area (TPSA) is 110 Å². The lowest BCUT2D eigenvalue weighted by atomic mass is 10.2. The third kappa shape index (κ3) is 5.17. The van der Waals surface area contributed by atoms with Crippen molar-refractivity contribution in [2.24, 2.45) is 0 Å². The van der Waals surface area contributed by atoms with Crippen molar-refractivity contribution in [3.05, 3.63) is 72.8 Å². The second-order valence-corrected chi connectivity index (χ2v) is 4.93. The van der Waals surface area contributed by atoms with Gasteiger partial charge in [0.15, 0.2) is 0 Å². The SMILES string of the molecule is Nc1ccc(Nc2ccccc2)cc1.Nc1ccc(O)c(N)c1. The van der Waals surface area contributed by atoms with Gasteiger partial charge in [0, 0.05) is 22.7 Å². The first-order chi connectivity index (χ1) is 11.0. The zero-order chi connectivity index (χ0) is 16.7. The highest BCUT2D eigenvalue weighted by atomic mass is 16.3. The predicted octanol–water partition coefficient (Wildman–Crippen LogP) is 3.57. The number of nitrogens with one attached hydrogen (secondary N) is 1. The highest BCUT2D eigenvalue weighted by Crippen LogP contribution is 2.21. The molecule has 0 aromatic heterocycles. The van der Waals surface area contributed by atoms with E-state index < -0.39 is 0 Å². The molecule has 118 valence electrons. The van der Waals surface area contributed by atoms with Crippen LogP contribution in [0.15, 0.2) is 72.8 Å². The molecule has 0 saturated heterocycles. The molecule has 8 N–H and O–H groups in total. The van der Waals surface area contributed by atoms with Crippen LogP contribution in [-0.4, -0.2) is 5.11 Å². The number of hydrogen-bond acceptors (Lipinski definition) is 5. The number of nitrogens with two attached hydrogens (primary N) is 3. The van der Waals surface area contributed by atoms with Gasteiger partial charge in [-0.2, -0.15) is 0 Å². The Balaban J connectivity index is 0.000000185. The number of aromatic hydroxyl groups is 1. The first kappa shape index (κ1) is 16.0. The normalized spacial score (nSPS) is 9.57. The van der Waals surface area contributed by atoms with E-state index in [0.717, 1.165) is 17.1 Å². The molecule has 0 unspecified atom stereocenters. The molecule has 0 heterocycles. The molecule has 0 atom stereocenters. The molecule has 3 aromatic carbocycles. The Morgan fingerprint density at radius 2 is 1.22 bits per heavy atom. The second-order valence-electron chi connectivity index (χ2n) is 4.93. The van der Waals surface area contributed by atoms with Crippen molar-refractivity contribution in [2.45, 2.75) is 0 Å². The number of hydrogen-bond donors (Lipinski definition) is 5. The predicted molar refractivity (Wildman–Crippen MR) is 97.5 cm³/mol. The Hall–Kier alpha value is -3.34. The Bertz CT molecular complexity index is 743. The lowest BCUT2D eigenvalue weighted by molar-refractivity contribution is 0.478. The van der Waals surface area contributed by atoms with Crippen LogP contribution in [0, 0.1) is 0 Å². The summed E-state index contributed by atoms with van der Waals surface area (Å²) in [5.74, 6) is 0.0733. The molecule has 3 aromatic rings. The average molecular weight is 308 g/mol. The van der Waals surface area contributed by atoms with E-state index in [-0.39, 0.29) is 5.75 Å². The van der Waals surface area contributed by atoms with Crippen LogP contribution in [-0.2, 0) is 0 Å². The van der Waals surface area contributed by atoms with Crippen molar-refractivity contribution >= 4 is 28.4 Å². The van der Waals surface area contributed by atoms with Crippen LogP contribution in [0.5, 0.6) is 5.75 Å². The smallest absolute Gasteiger partial charge is 0.138 e. The van der Waals surface area contributed by atoms with Gasteiger partial charge in [-0.3, -0.25) is 0 Å². The summed E-state index contributed by atoms with van der Waals surface area (Å²) in [5, 5.41) is 12.1. The fraction of sp³-hybridized carbons (Fsp3) is 0. The summed E-state index contributed by atoms with van der Waals surface area (Å²) in [4.78, 5) is 0. The third-order valence-corrected chi connectivity index (χ3v) is 3.02. The molecule has 0 spiro atoms. The number of benzene rings is 3. The minimum atomic E-state index is 0.0733. The maximum absolute atomic E-state index is 8.86. The van der Waals surface area contributed by atoms with Gasteiger partial charge in [-0.1, -0.05) is 18.2 Å². The van der Waals surface area contributed by atoms with Crippen molar-refractivity contribution in [1.82, 2.24) is 0 Å². The largest absolute Gasteiger partial charge is 0.506 e. The number of anilines is 5. The third-order valence-electron chi connectivity index (χ3n) is 3.02. The van der Waals surface area contributed by atoms with Crippen molar-refractivity contribution < 1.29 is 5.11 Å². The zero-order valence-corrected chi connectivity index (χ0v) is 12.6. The van der Waals surface area contributed by atoms with E-state index in [9.17, 15) is 0 Å². The Morgan fingerprint density at radius 3 is 1.78 bits per heavy atom. The van der Waals surface area contributed by atoms with Crippen LogP contribution in [0.3, 0.4) is 0 Å². The van der Waals surface area contributed by atoms with Crippen molar-refractivity contribution in [3.63, 3.8) is 0 Å². The molecule has 23 heavy (non-hydrogen) atoms. The Morgan fingerprint density at radius 1 is 0.652 bits per heavy atom. The molecule has 0 amide bonds. The van der Waals surface area contributed by atoms with Crippen LogP contribution in [0.1, 0.15) is 0 Å². The molecule has 0 bridgehead atoms. The van der Waals surface area contributed by atoms with Crippen LogP contribution in [0.25, 0.3) is 0 Å². The molecule has 0 aliphatic heterocycles. The number of phenolic OH excluding ortho intramolecular Hbond substituents is 1. The standard InChI is InChI=1S/C12H12N2.C6H8N2O/c13-10-6-8-12(9-7-10)14-11-4-2-1-3-5-11;7-4-1-2-6(9)5(8)3-4/h1-9,14H,13H2;1-3,9H,7-8H2. The average Bonchev–Trinajstić information content (AvgIpc) is 2.55. The van der Waals surface area contributed by atoms with Gasteiger partial charge in [-0.25, -0.2) is 0 Å². The number of phenols is 1. The Labute approximate surface area is 135 Å². The minimum Gasteiger partial charge on any atom is -0.506 e. The lowest BCUT2D eigenvalue weighted by Crippen LogP contribution is -1.90. The van der Waals surface area contributed by atoms with Gasteiger partial charge in [0.1, 0.15) is 5.75 Å². The Kier molecular flexibility index (Phi) is 5.30. The van der Waals surface area contributed by atoms with E-state index in [4.69, 9.17) is 22.3 Å². The van der Waals surface area contributed by atoms with Gasteiger partial charge in [0.2, 0.25) is 0 Å². The quantitative estimate of drug-likeness (QED) is 0.282. The molecule has 0 saturated carbocycles. The summed E-state index contributed by atoms with van der Waals surface area (Å²) >= 11 is 0. The summed E-state index contributed by atoms with van der Waals surface area (Å²) in [5.41, 5.74) is 20.0. The number of nitrogen functional groups attached to an aromatic ring is 3. The van der Waals surface area contributed by atoms with Crippen molar-refractivity contribution in [3.8, 4) is 5.75 Å². The van der Waals surface area contributed by atoms with E-state index in [1.54, 1.807) is 6.07 Å². The van der Waals surface area contributed by atoms with Gasteiger partial charge >= 0.3 is 0 Å². The molecule has 5 heteroatoms. The molecule has 0 aliphatic rings. The lowest BCUT2D eigenvalue weighted by Gasteiger charge is -2.05. The monoisotopic (exact) mass is 308 g/mol. The highest BCUT2D eigenvalue weighted by molar-refractivity contribution is 5.61. The van der Waals surface area contributed by atoms with Crippen molar-refractivity contribution in [1.29, 1.82) is 0 Å². The summed E-state index contributed by atoms with van der Waals surface area (Å²) in [6, 6.07) is 22.3. The summed E-state index contributed by atoms with van der Waals surface area (Å²) in [6.45, 7) is 0. The molecule has 3 rings (SSSR count). The fourth-order valence-corrected chi connectivity index (χ4v) is 1.83. The van der Waals surface area contributed by atoms with Gasteiger partial charge < -0.3 is 27.6 Å². The molecule has 0 fully saturated rings. The number of rotatable bonds is 2. The second kappa shape index (κ2) is 7.61. The molecule has 5 nitrogen and oxygen atoms in total. The number of para-hydroxylation sites is 1. The first-order valence-electron chi connectivity index (χ1n) is 7.06. The van der Waals surface area contributed by atoms with Crippen LogP contribution >= 0.6 is 0 Å². The molecular formula is C18H20N4O. The maximum Gasteiger partial charge on any atom is 0.138 e. The fourth-order valence-electron chi connectivity index (χ4n) is 1.83. The van der Waals surface area contributed by atoms with E-state index in [2.05, 4.69) is 5.32 Å². The van der Waals surface area contributed by atoms with Gasteiger partial charge in [0.05, 0.1) is 5.69 Å². The molecule has 0 aliphatic carbocycles. The van der Waals surface area contributed by atoms with Crippen LogP contribution in [0.2, 0.25) is 0 Å². The van der Waals surface area contributed by atoms with Gasteiger partial charge in [-0.15, -0.1) is 0 Å². The molecular weight excluding hydrogens is 288 g/mol. The maximum atomic E-state index is 8.86.